The molecule has 4 atom stereocenters. The van der Waals surface area contributed by atoms with Gasteiger partial charge in [0.25, 0.3) is 0 Å². The van der Waals surface area contributed by atoms with E-state index in [0.29, 0.717) is 31.0 Å². The van der Waals surface area contributed by atoms with E-state index in [4.69, 9.17) is 11.5 Å². The van der Waals surface area contributed by atoms with Crippen LogP contribution in [0.3, 0.4) is 0 Å². The van der Waals surface area contributed by atoms with Crippen molar-refractivity contribution < 1.29 is 4.79 Å². The van der Waals surface area contributed by atoms with E-state index < -0.39 is 0 Å². The Balaban J connectivity index is 1.88. The zero-order valence-electron chi connectivity index (χ0n) is 10.5. The Kier molecular flexibility index (Phi) is 4.40. The van der Waals surface area contributed by atoms with E-state index in [9.17, 15) is 4.79 Å². The topological polar surface area (TPSA) is 81.1 Å². The Hall–Kier alpha value is -0.610. The standard InChI is InChI=1S/C13H25N3O/c14-7-9-3-1-5-11(9)13(17)16-12-6-2-4-10(12)8-15/h9-12H,1-8,14-15H2,(H,16,17)/t9-,10?,11-,12?/m1/s1. The molecule has 0 bridgehead atoms. The molecule has 2 aliphatic rings. The second-order valence-electron chi connectivity index (χ2n) is 5.57. The third-order valence-corrected chi connectivity index (χ3v) is 4.59. The van der Waals surface area contributed by atoms with Crippen molar-refractivity contribution in [1.82, 2.24) is 5.32 Å². The van der Waals surface area contributed by atoms with Gasteiger partial charge in [-0.3, -0.25) is 4.79 Å². The van der Waals surface area contributed by atoms with Crippen LogP contribution in [0.5, 0.6) is 0 Å². The van der Waals surface area contributed by atoms with E-state index >= 15 is 0 Å². The summed E-state index contributed by atoms with van der Waals surface area (Å²) in [6, 6.07) is 0.312. The monoisotopic (exact) mass is 239 g/mol. The quantitative estimate of drug-likeness (QED) is 0.672. The molecule has 0 aromatic rings. The fourth-order valence-corrected chi connectivity index (χ4v) is 3.46. The molecule has 0 radical (unpaired) electrons. The van der Waals surface area contributed by atoms with E-state index in [0.717, 1.165) is 32.1 Å². The molecule has 4 heteroatoms. The van der Waals surface area contributed by atoms with Crippen LogP contribution >= 0.6 is 0 Å². The fraction of sp³-hybridized carbons (Fsp3) is 0.923. The molecule has 0 aromatic heterocycles. The molecule has 17 heavy (non-hydrogen) atoms. The highest BCUT2D eigenvalue weighted by Crippen LogP contribution is 2.32. The van der Waals surface area contributed by atoms with Crippen LogP contribution in [0.1, 0.15) is 38.5 Å². The van der Waals surface area contributed by atoms with Crippen LogP contribution in [0.15, 0.2) is 0 Å². The van der Waals surface area contributed by atoms with E-state index in [1.54, 1.807) is 0 Å². The summed E-state index contributed by atoms with van der Waals surface area (Å²) >= 11 is 0. The number of hydrogen-bond donors (Lipinski definition) is 3. The third kappa shape index (κ3) is 2.80. The number of amides is 1. The highest BCUT2D eigenvalue weighted by molar-refractivity contribution is 5.79. The molecule has 98 valence electrons. The van der Waals surface area contributed by atoms with Gasteiger partial charge in [-0.15, -0.1) is 0 Å². The van der Waals surface area contributed by atoms with Crippen molar-refractivity contribution in [3.8, 4) is 0 Å². The Morgan fingerprint density at radius 3 is 2.35 bits per heavy atom. The normalized spacial score (nSPS) is 37.3. The first-order valence-electron chi connectivity index (χ1n) is 6.96. The van der Waals surface area contributed by atoms with Gasteiger partial charge in [0.2, 0.25) is 5.91 Å². The molecule has 2 saturated carbocycles. The molecule has 4 nitrogen and oxygen atoms in total. The predicted octanol–water partition coefficient (Wildman–Crippen LogP) is 0.605. The van der Waals surface area contributed by atoms with Crippen LogP contribution in [0, 0.1) is 17.8 Å². The van der Waals surface area contributed by atoms with Gasteiger partial charge >= 0.3 is 0 Å². The van der Waals surface area contributed by atoms with Crippen LogP contribution in [-0.4, -0.2) is 25.0 Å². The SMILES string of the molecule is NCC1CCCC1NC(=O)[C@@H]1CCC[C@@H]1CN. The van der Waals surface area contributed by atoms with Gasteiger partial charge in [-0.2, -0.15) is 0 Å². The van der Waals surface area contributed by atoms with Gasteiger partial charge in [0.1, 0.15) is 0 Å². The number of nitrogens with one attached hydrogen (secondary N) is 1. The van der Waals surface area contributed by atoms with Crippen molar-refractivity contribution in [2.24, 2.45) is 29.2 Å². The smallest absolute Gasteiger partial charge is 0.223 e. The minimum Gasteiger partial charge on any atom is -0.353 e. The number of nitrogens with two attached hydrogens (primary N) is 2. The zero-order valence-corrected chi connectivity index (χ0v) is 10.5. The molecule has 0 saturated heterocycles. The summed E-state index contributed by atoms with van der Waals surface area (Å²) in [5.41, 5.74) is 11.5. The summed E-state index contributed by atoms with van der Waals surface area (Å²) in [5.74, 6) is 1.26. The highest BCUT2D eigenvalue weighted by atomic mass is 16.2. The summed E-state index contributed by atoms with van der Waals surface area (Å²) in [6.45, 7) is 1.33. The number of rotatable bonds is 4. The molecular weight excluding hydrogens is 214 g/mol. The summed E-state index contributed by atoms with van der Waals surface area (Å²) < 4.78 is 0. The van der Waals surface area contributed by atoms with Gasteiger partial charge in [-0.05, 0) is 50.6 Å². The lowest BCUT2D eigenvalue weighted by Gasteiger charge is -2.24. The van der Waals surface area contributed by atoms with Crippen molar-refractivity contribution in [2.75, 3.05) is 13.1 Å². The molecule has 0 spiro atoms. The van der Waals surface area contributed by atoms with Gasteiger partial charge in [0.15, 0.2) is 0 Å². The molecule has 0 heterocycles. The van der Waals surface area contributed by atoms with Crippen molar-refractivity contribution >= 4 is 5.91 Å². The van der Waals surface area contributed by atoms with Gasteiger partial charge in [0.05, 0.1) is 0 Å². The molecule has 0 aliphatic heterocycles. The molecule has 2 fully saturated rings. The lowest BCUT2D eigenvalue weighted by atomic mass is 9.94. The maximum Gasteiger partial charge on any atom is 0.223 e. The Labute approximate surface area is 103 Å². The summed E-state index contributed by atoms with van der Waals surface area (Å²) in [4.78, 5) is 12.2. The maximum absolute atomic E-state index is 12.2. The lowest BCUT2D eigenvalue weighted by molar-refractivity contribution is -0.126. The average Bonchev–Trinajstić information content (AvgIpc) is 2.96. The lowest BCUT2D eigenvalue weighted by Crippen LogP contribution is -2.44. The van der Waals surface area contributed by atoms with Crippen molar-refractivity contribution in [2.45, 2.75) is 44.6 Å². The molecule has 0 aromatic carbocycles. The molecule has 2 unspecified atom stereocenters. The summed E-state index contributed by atoms with van der Waals surface area (Å²) in [7, 11) is 0. The first-order valence-corrected chi connectivity index (χ1v) is 6.96. The minimum absolute atomic E-state index is 0.152. The van der Waals surface area contributed by atoms with Crippen molar-refractivity contribution in [3.05, 3.63) is 0 Å². The van der Waals surface area contributed by atoms with Crippen molar-refractivity contribution in [1.29, 1.82) is 0 Å². The number of carbonyl (C=O) groups is 1. The Bertz CT molecular complexity index is 269. The average molecular weight is 239 g/mol. The van der Waals surface area contributed by atoms with Crippen LogP contribution in [0.4, 0.5) is 0 Å². The maximum atomic E-state index is 12.2. The largest absolute Gasteiger partial charge is 0.353 e. The van der Waals surface area contributed by atoms with Crippen LogP contribution in [0.25, 0.3) is 0 Å². The first-order chi connectivity index (χ1) is 8.26. The van der Waals surface area contributed by atoms with E-state index in [1.807, 2.05) is 0 Å². The van der Waals surface area contributed by atoms with Crippen LogP contribution in [0.2, 0.25) is 0 Å². The minimum atomic E-state index is 0.152. The van der Waals surface area contributed by atoms with Gasteiger partial charge in [-0.25, -0.2) is 0 Å². The van der Waals surface area contributed by atoms with Gasteiger partial charge in [0, 0.05) is 12.0 Å². The molecule has 1 amide bonds. The summed E-state index contributed by atoms with van der Waals surface area (Å²) in [5, 5.41) is 3.21. The predicted molar refractivity (Wildman–Crippen MR) is 68.2 cm³/mol. The zero-order chi connectivity index (χ0) is 12.3. The molecular formula is C13H25N3O. The molecule has 5 N–H and O–H groups in total. The number of hydrogen-bond acceptors (Lipinski definition) is 3. The Morgan fingerprint density at radius 1 is 1.00 bits per heavy atom. The molecule has 2 rings (SSSR count). The van der Waals surface area contributed by atoms with Gasteiger partial charge in [-0.1, -0.05) is 12.8 Å². The van der Waals surface area contributed by atoms with Crippen molar-refractivity contribution in [3.63, 3.8) is 0 Å². The second-order valence-corrected chi connectivity index (χ2v) is 5.57. The first kappa shape index (κ1) is 12.8. The number of carbonyl (C=O) groups excluding carboxylic acids is 1. The van der Waals surface area contributed by atoms with E-state index in [1.165, 1.54) is 6.42 Å². The second kappa shape index (κ2) is 5.83. The fourth-order valence-electron chi connectivity index (χ4n) is 3.46. The molecule has 2 aliphatic carbocycles. The van der Waals surface area contributed by atoms with E-state index in [-0.39, 0.29) is 11.8 Å². The van der Waals surface area contributed by atoms with Gasteiger partial charge < -0.3 is 16.8 Å². The van der Waals surface area contributed by atoms with E-state index in [2.05, 4.69) is 5.32 Å². The third-order valence-electron chi connectivity index (χ3n) is 4.59. The Morgan fingerprint density at radius 2 is 1.65 bits per heavy atom. The highest BCUT2D eigenvalue weighted by Gasteiger charge is 2.35. The van der Waals surface area contributed by atoms with Crippen LogP contribution in [-0.2, 0) is 4.79 Å². The van der Waals surface area contributed by atoms with Crippen LogP contribution < -0.4 is 16.8 Å². The summed E-state index contributed by atoms with van der Waals surface area (Å²) in [6.07, 6.45) is 6.70.